The first-order valence-corrected chi connectivity index (χ1v) is 10.8. The van der Waals surface area contributed by atoms with Crippen molar-refractivity contribution < 1.29 is 27.4 Å². The highest BCUT2D eigenvalue weighted by molar-refractivity contribution is 7.92. The van der Waals surface area contributed by atoms with Crippen LogP contribution >= 0.6 is 34.8 Å². The number of anilines is 1. The van der Waals surface area contributed by atoms with E-state index in [0.717, 1.165) is 12.3 Å². The van der Waals surface area contributed by atoms with E-state index < -0.39 is 21.8 Å². The maximum Gasteiger partial charge on any atom is 0.303 e. The summed E-state index contributed by atoms with van der Waals surface area (Å²) in [6, 6.07) is 5.44. The van der Waals surface area contributed by atoms with Crippen LogP contribution in [0.5, 0.6) is 5.75 Å². The Kier molecular flexibility index (Phi) is 7.39. The molecular weight excluding hydrogens is 456 g/mol. The van der Waals surface area contributed by atoms with E-state index in [0.29, 0.717) is 5.56 Å². The fourth-order valence-electron chi connectivity index (χ4n) is 2.32. The Hall–Kier alpha value is -1.74. The molecule has 0 atom stereocenters. The summed E-state index contributed by atoms with van der Waals surface area (Å²) in [7, 11) is -3.70. The quantitative estimate of drug-likeness (QED) is 0.580. The topological polar surface area (TPSA) is 92.7 Å². The number of rotatable bonds is 8. The van der Waals surface area contributed by atoms with Gasteiger partial charge >= 0.3 is 5.97 Å². The summed E-state index contributed by atoms with van der Waals surface area (Å²) in [6.07, 6.45) is 1.03. The normalized spacial score (nSPS) is 11.3. The lowest BCUT2D eigenvalue weighted by molar-refractivity contribution is -0.136. The highest BCUT2D eigenvalue weighted by Gasteiger charge is 2.16. The summed E-state index contributed by atoms with van der Waals surface area (Å²) in [6.45, 7) is -0.321. The number of nitrogens with one attached hydrogen (secondary N) is 1. The Morgan fingerprint density at radius 3 is 2.32 bits per heavy atom. The summed E-state index contributed by atoms with van der Waals surface area (Å²) in [5.74, 6) is -1.72. The fraction of sp³-hybridized carbons (Fsp3) is 0.235. The third-order valence-electron chi connectivity index (χ3n) is 3.47. The lowest BCUT2D eigenvalue weighted by Gasteiger charge is -2.14. The highest BCUT2D eigenvalue weighted by atomic mass is 35.5. The number of hydrogen-bond acceptors (Lipinski definition) is 4. The third-order valence-corrected chi connectivity index (χ3v) is 4.84. The van der Waals surface area contributed by atoms with Gasteiger partial charge in [0.2, 0.25) is 10.0 Å². The fourth-order valence-corrected chi connectivity index (χ4v) is 3.75. The van der Waals surface area contributed by atoms with E-state index in [4.69, 9.17) is 44.6 Å². The number of aliphatic carboxylic acids is 1. The number of carboxylic acids is 1. The molecule has 0 bridgehead atoms. The summed E-state index contributed by atoms with van der Waals surface area (Å²) in [5, 5.41) is 9.10. The van der Waals surface area contributed by atoms with E-state index in [1.54, 1.807) is 0 Å². The Morgan fingerprint density at radius 1 is 1.18 bits per heavy atom. The van der Waals surface area contributed by atoms with Crippen molar-refractivity contribution >= 4 is 56.5 Å². The zero-order valence-electron chi connectivity index (χ0n) is 14.4. The molecule has 0 unspecified atom stereocenters. The Morgan fingerprint density at radius 2 is 1.79 bits per heavy atom. The Bertz CT molecular complexity index is 991. The van der Waals surface area contributed by atoms with E-state index >= 15 is 0 Å². The second-order valence-electron chi connectivity index (χ2n) is 5.87. The van der Waals surface area contributed by atoms with Crippen LogP contribution in [0.15, 0.2) is 24.3 Å². The molecule has 2 rings (SSSR count). The number of ether oxygens (including phenoxy) is 1. The van der Waals surface area contributed by atoms with E-state index in [2.05, 4.69) is 0 Å². The molecule has 0 aromatic heterocycles. The van der Waals surface area contributed by atoms with Crippen LogP contribution in [0.3, 0.4) is 0 Å². The molecular formula is C17H15Cl3FNO5S. The van der Waals surface area contributed by atoms with Crippen molar-refractivity contribution in [3.05, 3.63) is 56.3 Å². The number of benzene rings is 2. The molecule has 6 nitrogen and oxygen atoms in total. The van der Waals surface area contributed by atoms with Gasteiger partial charge in [-0.05, 0) is 36.2 Å². The predicted molar refractivity (Wildman–Crippen MR) is 107 cm³/mol. The van der Waals surface area contributed by atoms with Gasteiger partial charge in [-0.15, -0.1) is 0 Å². The van der Waals surface area contributed by atoms with E-state index in [1.807, 2.05) is 4.72 Å². The average Bonchev–Trinajstić information content (AvgIpc) is 2.54. The van der Waals surface area contributed by atoms with Crippen LogP contribution in [0, 0.1) is 5.82 Å². The second-order valence-corrected chi connectivity index (χ2v) is 8.87. The molecule has 0 aliphatic carbocycles. The maximum atomic E-state index is 14.5. The molecule has 0 aliphatic heterocycles. The molecule has 11 heteroatoms. The lowest BCUT2D eigenvalue weighted by Crippen LogP contribution is -2.12. The summed E-state index contributed by atoms with van der Waals surface area (Å²) in [4.78, 5) is 10.7. The van der Waals surface area contributed by atoms with Crippen molar-refractivity contribution in [2.75, 3.05) is 11.0 Å². The molecule has 0 heterocycles. The van der Waals surface area contributed by atoms with Gasteiger partial charge < -0.3 is 9.84 Å². The van der Waals surface area contributed by atoms with Crippen LogP contribution in [0.25, 0.3) is 0 Å². The minimum absolute atomic E-state index is 0.0132. The SMILES string of the molecule is CS(=O)(=O)Nc1cc(Cl)cc(COc2c(Cl)cc(CCC(=O)O)cc2Cl)c1F. The lowest BCUT2D eigenvalue weighted by atomic mass is 10.1. The Balaban J connectivity index is 2.23. The van der Waals surface area contributed by atoms with Gasteiger partial charge in [0.15, 0.2) is 11.6 Å². The van der Waals surface area contributed by atoms with Crippen LogP contribution in [0.1, 0.15) is 17.5 Å². The van der Waals surface area contributed by atoms with Crippen molar-refractivity contribution in [3.63, 3.8) is 0 Å². The molecule has 0 radical (unpaired) electrons. The van der Waals surface area contributed by atoms with Crippen LogP contribution in [-0.4, -0.2) is 25.7 Å². The molecule has 0 aliphatic rings. The maximum absolute atomic E-state index is 14.5. The monoisotopic (exact) mass is 469 g/mol. The van der Waals surface area contributed by atoms with E-state index in [1.165, 1.54) is 18.2 Å². The highest BCUT2D eigenvalue weighted by Crippen LogP contribution is 2.36. The van der Waals surface area contributed by atoms with Crippen molar-refractivity contribution in [2.24, 2.45) is 0 Å². The van der Waals surface area contributed by atoms with Gasteiger partial charge in [-0.2, -0.15) is 0 Å². The van der Waals surface area contributed by atoms with Crippen molar-refractivity contribution in [1.82, 2.24) is 0 Å². The first-order chi connectivity index (χ1) is 13.0. The summed E-state index contributed by atoms with van der Waals surface area (Å²) >= 11 is 18.2. The number of sulfonamides is 1. The van der Waals surface area contributed by atoms with Crippen LogP contribution < -0.4 is 9.46 Å². The van der Waals surface area contributed by atoms with Crippen molar-refractivity contribution in [3.8, 4) is 5.75 Å². The summed E-state index contributed by atoms with van der Waals surface area (Å²) < 4.78 is 44.8. The number of carbonyl (C=O) groups is 1. The Labute approximate surface area is 176 Å². The smallest absolute Gasteiger partial charge is 0.303 e. The largest absolute Gasteiger partial charge is 0.486 e. The molecule has 0 spiro atoms. The van der Waals surface area contributed by atoms with Crippen LogP contribution in [0.4, 0.5) is 10.1 Å². The zero-order chi connectivity index (χ0) is 21.1. The van der Waals surface area contributed by atoms with Gasteiger partial charge in [-0.3, -0.25) is 9.52 Å². The zero-order valence-corrected chi connectivity index (χ0v) is 17.5. The van der Waals surface area contributed by atoms with Crippen molar-refractivity contribution in [1.29, 1.82) is 0 Å². The van der Waals surface area contributed by atoms with E-state index in [-0.39, 0.29) is 51.5 Å². The molecule has 0 amide bonds. The van der Waals surface area contributed by atoms with Gasteiger partial charge in [0.25, 0.3) is 0 Å². The molecule has 0 saturated heterocycles. The average molecular weight is 471 g/mol. The number of halogens is 4. The van der Waals surface area contributed by atoms with E-state index in [9.17, 15) is 17.6 Å². The van der Waals surface area contributed by atoms with Crippen molar-refractivity contribution in [2.45, 2.75) is 19.4 Å². The molecule has 0 saturated carbocycles. The molecule has 2 N–H and O–H groups in total. The minimum atomic E-state index is -3.70. The molecule has 152 valence electrons. The van der Waals surface area contributed by atoms with Gasteiger partial charge in [0, 0.05) is 17.0 Å². The second kappa shape index (κ2) is 9.17. The number of carboxylic acid groups (broad SMARTS) is 1. The van der Waals surface area contributed by atoms with Gasteiger partial charge in [0.1, 0.15) is 6.61 Å². The van der Waals surface area contributed by atoms with Crippen LogP contribution in [-0.2, 0) is 27.8 Å². The minimum Gasteiger partial charge on any atom is -0.486 e. The summed E-state index contributed by atoms with van der Waals surface area (Å²) in [5.41, 5.74) is 0.286. The van der Waals surface area contributed by atoms with Gasteiger partial charge in [-0.25, -0.2) is 12.8 Å². The first-order valence-electron chi connectivity index (χ1n) is 7.74. The third kappa shape index (κ3) is 6.41. The predicted octanol–water partition coefficient (Wildman–Crippen LogP) is 4.75. The standard InChI is InChI=1S/C17H15Cl3FNO5S/c1-28(25,26)22-14-7-11(18)6-10(16(14)21)8-27-17-12(19)4-9(5-13(17)20)2-3-15(23)24/h4-7,22H,2-3,8H2,1H3,(H,23,24). The van der Waals surface area contributed by atoms with Gasteiger partial charge in [-0.1, -0.05) is 34.8 Å². The molecule has 2 aromatic carbocycles. The molecule has 0 fully saturated rings. The molecule has 28 heavy (non-hydrogen) atoms. The number of hydrogen-bond donors (Lipinski definition) is 2. The number of aryl methyl sites for hydroxylation is 1. The molecule has 2 aromatic rings. The van der Waals surface area contributed by atoms with Crippen LogP contribution in [0.2, 0.25) is 15.1 Å². The van der Waals surface area contributed by atoms with Gasteiger partial charge in [0.05, 0.1) is 22.0 Å². The first kappa shape index (κ1) is 22.5.